The summed E-state index contributed by atoms with van der Waals surface area (Å²) < 4.78 is 37.6. The molecule has 1 spiro atoms. The van der Waals surface area contributed by atoms with E-state index in [0.29, 0.717) is 38.2 Å². The smallest absolute Gasteiger partial charge is 0.475 e. The third kappa shape index (κ3) is 5.46. The van der Waals surface area contributed by atoms with Crippen LogP contribution in [0.5, 0.6) is 0 Å². The van der Waals surface area contributed by atoms with Crippen LogP contribution in [0.2, 0.25) is 0 Å². The number of hydrogen-bond acceptors (Lipinski definition) is 6. The highest BCUT2D eigenvalue weighted by atomic mass is 19.4. The number of hydrogen-bond donors (Lipinski definition) is 2. The van der Waals surface area contributed by atoms with Crippen LogP contribution in [-0.2, 0) is 32.9 Å². The molecular formula is C23H25F3N4O4. The number of ether oxygens (including phenoxy) is 1. The number of likely N-dealkylation sites (tertiary alicyclic amines) is 1. The van der Waals surface area contributed by atoms with E-state index >= 15 is 0 Å². The van der Waals surface area contributed by atoms with Gasteiger partial charge in [-0.2, -0.15) is 13.2 Å². The first-order chi connectivity index (χ1) is 16.2. The van der Waals surface area contributed by atoms with Gasteiger partial charge in [0, 0.05) is 37.3 Å². The fourth-order valence-corrected chi connectivity index (χ4v) is 4.22. The molecule has 1 atom stereocenters. The maximum atomic E-state index is 12.5. The minimum Gasteiger partial charge on any atom is -0.475 e. The Labute approximate surface area is 194 Å². The number of amides is 1. The van der Waals surface area contributed by atoms with Crippen molar-refractivity contribution in [1.29, 1.82) is 0 Å². The van der Waals surface area contributed by atoms with Crippen LogP contribution in [0.25, 0.3) is 0 Å². The number of carbonyl (C=O) groups is 2. The molecule has 34 heavy (non-hydrogen) atoms. The molecule has 0 bridgehead atoms. The minimum atomic E-state index is -5.08. The first-order valence-corrected chi connectivity index (χ1v) is 11.0. The largest absolute Gasteiger partial charge is 0.490 e. The highest BCUT2D eigenvalue weighted by Crippen LogP contribution is 2.41. The van der Waals surface area contributed by atoms with Gasteiger partial charge in [-0.1, -0.05) is 30.3 Å². The lowest BCUT2D eigenvalue weighted by Crippen LogP contribution is -2.42. The van der Waals surface area contributed by atoms with Crippen LogP contribution in [0.3, 0.4) is 0 Å². The third-order valence-corrected chi connectivity index (χ3v) is 6.13. The van der Waals surface area contributed by atoms with Crippen molar-refractivity contribution >= 4 is 17.8 Å². The monoisotopic (exact) mass is 478 g/mol. The van der Waals surface area contributed by atoms with E-state index in [0.717, 1.165) is 37.1 Å². The van der Waals surface area contributed by atoms with E-state index in [9.17, 15) is 18.0 Å². The molecule has 1 saturated heterocycles. The molecule has 3 heterocycles. The number of carboxylic acid groups (broad SMARTS) is 1. The number of alkyl halides is 3. The second-order valence-corrected chi connectivity index (χ2v) is 8.77. The van der Waals surface area contributed by atoms with Gasteiger partial charge in [0.05, 0.1) is 24.3 Å². The van der Waals surface area contributed by atoms with Crippen molar-refractivity contribution in [2.75, 3.05) is 25.0 Å². The fourth-order valence-electron chi connectivity index (χ4n) is 4.22. The maximum Gasteiger partial charge on any atom is 0.490 e. The van der Waals surface area contributed by atoms with Crippen LogP contribution in [-0.4, -0.2) is 57.7 Å². The molecule has 1 saturated carbocycles. The zero-order chi connectivity index (χ0) is 24.3. The van der Waals surface area contributed by atoms with Gasteiger partial charge in [0.25, 0.3) is 0 Å². The van der Waals surface area contributed by atoms with Gasteiger partial charge in [-0.25, -0.2) is 14.8 Å². The lowest BCUT2D eigenvalue weighted by Gasteiger charge is -2.34. The van der Waals surface area contributed by atoms with Crippen molar-refractivity contribution in [2.45, 2.75) is 44.0 Å². The average Bonchev–Trinajstić information content (AvgIpc) is 3.59. The number of carboxylic acids is 1. The number of rotatable bonds is 4. The van der Waals surface area contributed by atoms with Crippen LogP contribution < -0.4 is 5.32 Å². The zero-order valence-electron chi connectivity index (χ0n) is 18.3. The van der Waals surface area contributed by atoms with Crippen molar-refractivity contribution in [3.8, 4) is 0 Å². The van der Waals surface area contributed by atoms with Crippen molar-refractivity contribution in [3.05, 3.63) is 53.3 Å². The summed E-state index contributed by atoms with van der Waals surface area (Å²) in [6.07, 6.45) is -0.203. The minimum absolute atomic E-state index is 0.190. The number of anilines is 1. The summed E-state index contributed by atoms with van der Waals surface area (Å²) in [4.78, 5) is 32.8. The molecule has 1 unspecified atom stereocenters. The van der Waals surface area contributed by atoms with Crippen LogP contribution in [0, 0.1) is 5.92 Å². The Morgan fingerprint density at radius 2 is 1.94 bits per heavy atom. The van der Waals surface area contributed by atoms with E-state index < -0.39 is 12.1 Å². The summed E-state index contributed by atoms with van der Waals surface area (Å²) in [6.45, 7) is 3.38. The normalized spacial score (nSPS) is 21.4. The Kier molecular flexibility index (Phi) is 6.74. The molecule has 11 heteroatoms. The topological polar surface area (TPSA) is 105 Å². The number of aliphatic carboxylic acids is 1. The molecule has 1 aromatic heterocycles. The number of fused-ring (bicyclic) bond motifs is 2. The molecule has 1 aliphatic carbocycles. The summed E-state index contributed by atoms with van der Waals surface area (Å²) in [5.41, 5.74) is 3.11. The van der Waals surface area contributed by atoms with Crippen molar-refractivity contribution < 1.29 is 32.6 Å². The Hall–Kier alpha value is -3.21. The molecule has 2 aliphatic heterocycles. The van der Waals surface area contributed by atoms with Crippen LogP contribution in [0.1, 0.15) is 36.1 Å². The standard InChI is InChI=1S/C21H24N4O2.C2HF3O2/c26-19(16-6-7-16)25-9-8-21(13-25)14-27-12-17-11-23-20(24-18(17)21)22-10-15-4-2-1-3-5-15;3-2(4,5)1(6)7/h1-5,11,16H,6-10,12-14H2,(H,22,23,24);(H,6,7). The van der Waals surface area contributed by atoms with Crippen molar-refractivity contribution in [3.63, 3.8) is 0 Å². The molecule has 182 valence electrons. The number of carbonyl (C=O) groups excluding carboxylic acids is 1. The summed E-state index contributed by atoms with van der Waals surface area (Å²) in [5.74, 6) is -1.54. The molecular weight excluding hydrogens is 453 g/mol. The van der Waals surface area contributed by atoms with E-state index in [2.05, 4.69) is 22.4 Å². The second kappa shape index (κ2) is 9.57. The molecule has 2 fully saturated rings. The quantitative estimate of drug-likeness (QED) is 0.696. The SMILES string of the molecule is O=C(C1CC1)N1CCC2(COCc3cnc(NCc4ccccc4)nc32)C1.O=C(O)C(F)(F)F. The number of nitrogens with zero attached hydrogens (tertiary/aromatic N) is 3. The number of benzene rings is 1. The highest BCUT2D eigenvalue weighted by Gasteiger charge is 2.48. The Bertz CT molecular complexity index is 1050. The first-order valence-electron chi connectivity index (χ1n) is 11.0. The fraction of sp³-hybridized carbons (Fsp3) is 0.478. The molecule has 3 aliphatic rings. The van der Waals surface area contributed by atoms with E-state index in [1.165, 1.54) is 5.56 Å². The van der Waals surface area contributed by atoms with Crippen LogP contribution in [0.4, 0.5) is 19.1 Å². The molecule has 8 nitrogen and oxygen atoms in total. The molecule has 2 aromatic rings. The van der Waals surface area contributed by atoms with Crippen LogP contribution in [0.15, 0.2) is 36.5 Å². The van der Waals surface area contributed by atoms with Gasteiger partial charge in [0.2, 0.25) is 11.9 Å². The van der Waals surface area contributed by atoms with E-state index in [-0.39, 0.29) is 11.3 Å². The molecule has 1 amide bonds. The maximum absolute atomic E-state index is 12.5. The summed E-state index contributed by atoms with van der Waals surface area (Å²) in [7, 11) is 0. The van der Waals surface area contributed by atoms with Crippen molar-refractivity contribution in [1.82, 2.24) is 14.9 Å². The average molecular weight is 478 g/mol. The predicted octanol–water partition coefficient (Wildman–Crippen LogP) is 3.13. The van der Waals surface area contributed by atoms with E-state index in [4.69, 9.17) is 19.6 Å². The molecule has 1 aromatic carbocycles. The Morgan fingerprint density at radius 3 is 2.59 bits per heavy atom. The lowest BCUT2D eigenvalue weighted by molar-refractivity contribution is -0.192. The zero-order valence-corrected chi connectivity index (χ0v) is 18.3. The lowest BCUT2D eigenvalue weighted by atomic mass is 9.80. The predicted molar refractivity (Wildman–Crippen MR) is 115 cm³/mol. The van der Waals surface area contributed by atoms with Gasteiger partial charge in [0.15, 0.2) is 0 Å². The highest BCUT2D eigenvalue weighted by molar-refractivity contribution is 5.81. The van der Waals surface area contributed by atoms with Gasteiger partial charge >= 0.3 is 12.1 Å². The van der Waals surface area contributed by atoms with Gasteiger partial charge in [-0.3, -0.25) is 4.79 Å². The van der Waals surface area contributed by atoms with E-state index in [1.807, 2.05) is 29.3 Å². The summed E-state index contributed by atoms with van der Waals surface area (Å²) in [6, 6.07) is 10.2. The number of aromatic nitrogens is 2. The Morgan fingerprint density at radius 1 is 1.24 bits per heavy atom. The van der Waals surface area contributed by atoms with Gasteiger partial charge < -0.3 is 20.1 Å². The van der Waals surface area contributed by atoms with Crippen molar-refractivity contribution in [2.24, 2.45) is 5.92 Å². The summed E-state index contributed by atoms with van der Waals surface area (Å²) in [5, 5.41) is 10.5. The first kappa shape index (κ1) is 23.9. The number of halogens is 3. The van der Waals surface area contributed by atoms with Gasteiger partial charge in [0.1, 0.15) is 0 Å². The number of nitrogens with one attached hydrogen (secondary N) is 1. The summed E-state index contributed by atoms with van der Waals surface area (Å²) >= 11 is 0. The van der Waals surface area contributed by atoms with E-state index in [1.54, 1.807) is 0 Å². The van der Waals surface area contributed by atoms with Crippen LogP contribution >= 0.6 is 0 Å². The van der Waals surface area contributed by atoms with Gasteiger partial charge in [-0.15, -0.1) is 0 Å². The molecule has 5 rings (SSSR count). The Balaban J connectivity index is 0.000000344. The molecule has 2 N–H and O–H groups in total. The second-order valence-electron chi connectivity index (χ2n) is 8.77. The molecule has 0 radical (unpaired) electrons. The van der Waals surface area contributed by atoms with Gasteiger partial charge in [-0.05, 0) is 24.8 Å². The third-order valence-electron chi connectivity index (χ3n) is 6.13.